The van der Waals surface area contributed by atoms with Crippen LogP contribution in [-0.2, 0) is 0 Å². The first kappa shape index (κ1) is 23.9. The van der Waals surface area contributed by atoms with E-state index in [1.54, 1.807) is 7.11 Å². The second-order valence-electron chi connectivity index (χ2n) is 9.63. The maximum Gasteiger partial charge on any atom is 0.255 e. The fourth-order valence-electron chi connectivity index (χ4n) is 4.97. The van der Waals surface area contributed by atoms with Crippen LogP contribution in [0.25, 0.3) is 16.9 Å². The predicted octanol–water partition coefficient (Wildman–Crippen LogP) is 5.37. The van der Waals surface area contributed by atoms with Crippen LogP contribution in [0, 0.1) is 13.8 Å². The van der Waals surface area contributed by atoms with Gasteiger partial charge in [0, 0.05) is 29.5 Å². The second kappa shape index (κ2) is 10.0. The van der Waals surface area contributed by atoms with Crippen LogP contribution < -0.4 is 21.1 Å². The van der Waals surface area contributed by atoms with E-state index in [9.17, 15) is 4.79 Å². The molecule has 1 saturated carbocycles. The number of methoxy groups -OCH3 is 1. The van der Waals surface area contributed by atoms with E-state index in [0.29, 0.717) is 11.2 Å². The van der Waals surface area contributed by atoms with E-state index in [2.05, 4.69) is 42.7 Å². The van der Waals surface area contributed by atoms with Crippen molar-refractivity contribution < 1.29 is 9.53 Å². The van der Waals surface area contributed by atoms with Gasteiger partial charge in [-0.3, -0.25) is 9.20 Å². The average molecular weight is 484 g/mol. The maximum absolute atomic E-state index is 13.4. The first-order valence-corrected chi connectivity index (χ1v) is 12.5. The number of carbonyl (C=O) groups excluding carboxylic acids is 1. The summed E-state index contributed by atoms with van der Waals surface area (Å²) in [7, 11) is 1.65. The van der Waals surface area contributed by atoms with Gasteiger partial charge in [-0.05, 0) is 87.1 Å². The van der Waals surface area contributed by atoms with Gasteiger partial charge in [0.25, 0.3) is 5.91 Å². The van der Waals surface area contributed by atoms with Crippen LogP contribution in [0.3, 0.4) is 0 Å². The Balaban J connectivity index is 1.59. The molecule has 36 heavy (non-hydrogen) atoms. The first-order valence-electron chi connectivity index (χ1n) is 12.5. The number of anilines is 2. The highest BCUT2D eigenvalue weighted by molar-refractivity contribution is 6.01. The van der Waals surface area contributed by atoms with Crippen LogP contribution in [0.2, 0.25) is 0 Å². The zero-order valence-electron chi connectivity index (χ0n) is 21.0. The molecule has 0 aliphatic heterocycles. The van der Waals surface area contributed by atoms with Crippen LogP contribution in [0.5, 0.6) is 5.75 Å². The summed E-state index contributed by atoms with van der Waals surface area (Å²) in [4.78, 5) is 18.4. The summed E-state index contributed by atoms with van der Waals surface area (Å²) in [5, 5.41) is 6.85. The molecule has 2 aromatic carbocycles. The number of amides is 1. The third-order valence-electron chi connectivity index (χ3n) is 7.09. The Labute approximate surface area is 211 Å². The molecule has 186 valence electrons. The summed E-state index contributed by atoms with van der Waals surface area (Å²) in [5.74, 6) is 1.48. The summed E-state index contributed by atoms with van der Waals surface area (Å²) in [6.07, 6.45) is 5.62. The van der Waals surface area contributed by atoms with Crippen molar-refractivity contribution in [2.75, 3.05) is 12.4 Å². The minimum atomic E-state index is -0.106. The van der Waals surface area contributed by atoms with Gasteiger partial charge >= 0.3 is 0 Å². The molecule has 2 aromatic heterocycles. The highest BCUT2D eigenvalue weighted by Crippen LogP contribution is 2.35. The number of aryl methyl sites for hydroxylation is 2. The molecule has 5 rings (SSSR count). The van der Waals surface area contributed by atoms with E-state index < -0.39 is 0 Å². The maximum atomic E-state index is 13.4. The highest BCUT2D eigenvalue weighted by Gasteiger charge is 2.24. The van der Waals surface area contributed by atoms with E-state index in [0.717, 1.165) is 65.3 Å². The Morgan fingerprint density at radius 3 is 2.36 bits per heavy atom. The first-order chi connectivity index (χ1) is 17.4. The highest BCUT2D eigenvalue weighted by atomic mass is 16.5. The van der Waals surface area contributed by atoms with Crippen molar-refractivity contribution in [3.8, 4) is 17.0 Å². The lowest BCUT2D eigenvalue weighted by Crippen LogP contribution is -2.40. The zero-order chi connectivity index (χ0) is 25.2. The summed E-state index contributed by atoms with van der Waals surface area (Å²) in [6, 6.07) is 18.1. The van der Waals surface area contributed by atoms with Gasteiger partial charge in [-0.15, -0.1) is 0 Å². The number of para-hydroxylation sites is 1. The lowest BCUT2D eigenvalue weighted by atomic mass is 9.91. The number of benzene rings is 2. The number of pyridine rings is 1. The quantitative estimate of drug-likeness (QED) is 0.343. The van der Waals surface area contributed by atoms with Crippen molar-refractivity contribution in [3.63, 3.8) is 0 Å². The minimum Gasteiger partial charge on any atom is -0.497 e. The van der Waals surface area contributed by atoms with E-state index in [4.69, 9.17) is 15.5 Å². The van der Waals surface area contributed by atoms with Gasteiger partial charge in [0.1, 0.15) is 17.3 Å². The summed E-state index contributed by atoms with van der Waals surface area (Å²) in [6.45, 7) is 4.17. The minimum absolute atomic E-state index is 0.106. The van der Waals surface area contributed by atoms with Gasteiger partial charge in [-0.2, -0.15) is 0 Å². The molecule has 7 heteroatoms. The van der Waals surface area contributed by atoms with Gasteiger partial charge in [0.2, 0.25) is 0 Å². The molecule has 1 aliphatic rings. The number of fused-ring (bicyclic) bond motifs is 1. The van der Waals surface area contributed by atoms with Crippen LogP contribution in [-0.4, -0.2) is 34.5 Å². The van der Waals surface area contributed by atoms with Gasteiger partial charge in [-0.25, -0.2) is 4.98 Å². The monoisotopic (exact) mass is 483 g/mol. The third kappa shape index (κ3) is 4.66. The van der Waals surface area contributed by atoms with Gasteiger partial charge < -0.3 is 21.1 Å². The van der Waals surface area contributed by atoms with Crippen LogP contribution in [0.15, 0.2) is 60.8 Å². The lowest BCUT2D eigenvalue weighted by Gasteiger charge is -2.26. The fourth-order valence-corrected chi connectivity index (χ4v) is 4.97. The number of rotatable bonds is 6. The topological polar surface area (TPSA) is 93.7 Å². The second-order valence-corrected chi connectivity index (χ2v) is 9.63. The SMILES string of the molecule is COc1ccc(-c2nc3c(C(=O)NC4CCC(N)CC4)cccn3c2Nc2c(C)cccc2C)cc1. The van der Waals surface area contributed by atoms with Crippen LogP contribution in [0.4, 0.5) is 11.5 Å². The van der Waals surface area contributed by atoms with Gasteiger partial charge in [-0.1, -0.05) is 18.2 Å². The predicted molar refractivity (Wildman–Crippen MR) is 144 cm³/mol. The Hall–Kier alpha value is -3.84. The van der Waals surface area contributed by atoms with Gasteiger partial charge in [0.15, 0.2) is 5.65 Å². The van der Waals surface area contributed by atoms with E-state index in [-0.39, 0.29) is 18.0 Å². The molecular formula is C29H33N5O2. The molecule has 0 atom stereocenters. The fraction of sp³-hybridized carbons (Fsp3) is 0.310. The number of nitrogens with one attached hydrogen (secondary N) is 2. The molecule has 4 aromatic rings. The summed E-state index contributed by atoms with van der Waals surface area (Å²) < 4.78 is 7.32. The van der Waals surface area contributed by atoms with Crippen molar-refractivity contribution in [3.05, 3.63) is 77.5 Å². The largest absolute Gasteiger partial charge is 0.497 e. The third-order valence-corrected chi connectivity index (χ3v) is 7.09. The van der Waals surface area contributed by atoms with Crippen molar-refractivity contribution in [1.82, 2.24) is 14.7 Å². The normalized spacial score (nSPS) is 17.7. The number of aromatic nitrogens is 2. The molecule has 1 fully saturated rings. The molecule has 4 N–H and O–H groups in total. The van der Waals surface area contributed by atoms with Crippen molar-refractivity contribution >= 4 is 23.1 Å². The molecular weight excluding hydrogens is 450 g/mol. The number of ether oxygens (including phenoxy) is 1. The Kier molecular flexibility index (Phi) is 6.65. The van der Waals surface area contributed by atoms with Crippen molar-refractivity contribution in [2.45, 2.75) is 51.6 Å². The Morgan fingerprint density at radius 1 is 1.00 bits per heavy atom. The van der Waals surface area contributed by atoms with Crippen LogP contribution in [0.1, 0.15) is 47.2 Å². The van der Waals surface area contributed by atoms with E-state index in [1.165, 1.54) is 0 Å². The summed E-state index contributed by atoms with van der Waals surface area (Å²) >= 11 is 0. The number of nitrogens with zero attached hydrogens (tertiary/aromatic N) is 2. The summed E-state index contributed by atoms with van der Waals surface area (Å²) in [5.41, 5.74) is 12.2. The molecule has 1 aliphatic carbocycles. The van der Waals surface area contributed by atoms with Gasteiger partial charge in [0.05, 0.1) is 12.7 Å². The Morgan fingerprint density at radius 2 is 1.69 bits per heavy atom. The molecule has 7 nitrogen and oxygen atoms in total. The lowest BCUT2D eigenvalue weighted by molar-refractivity contribution is 0.0927. The molecule has 1 amide bonds. The number of imidazole rings is 1. The molecule has 0 saturated heterocycles. The smallest absolute Gasteiger partial charge is 0.255 e. The standard InChI is InChI=1S/C29H33N5O2/c1-18-6-4-7-19(2)25(18)32-28-26(20-9-15-23(36-3)16-10-20)33-27-24(8-5-17-34(27)28)29(35)31-22-13-11-21(30)12-14-22/h4-10,15-17,21-22,32H,11-14,30H2,1-3H3,(H,31,35). The average Bonchev–Trinajstić information content (AvgIpc) is 3.26. The van der Waals surface area contributed by atoms with Crippen molar-refractivity contribution in [2.24, 2.45) is 5.73 Å². The molecule has 0 unspecified atom stereocenters. The number of hydrogen-bond acceptors (Lipinski definition) is 5. The van der Waals surface area contributed by atoms with Crippen molar-refractivity contribution in [1.29, 1.82) is 0 Å². The van der Waals surface area contributed by atoms with E-state index >= 15 is 0 Å². The zero-order valence-corrected chi connectivity index (χ0v) is 21.0. The number of carbonyl (C=O) groups is 1. The molecule has 0 spiro atoms. The Bertz CT molecular complexity index is 1360. The molecule has 0 radical (unpaired) electrons. The molecule has 2 heterocycles. The number of nitrogens with two attached hydrogens (primary N) is 1. The molecule has 0 bridgehead atoms. The van der Waals surface area contributed by atoms with Crippen LogP contribution >= 0.6 is 0 Å². The number of hydrogen-bond donors (Lipinski definition) is 3. The van der Waals surface area contributed by atoms with E-state index in [1.807, 2.05) is 47.0 Å².